The van der Waals surface area contributed by atoms with Crippen LogP contribution in [0, 0.1) is 0 Å². The topological polar surface area (TPSA) is 44.8 Å². The summed E-state index contributed by atoms with van der Waals surface area (Å²) >= 11 is 0. The summed E-state index contributed by atoms with van der Waals surface area (Å²) in [6.07, 6.45) is 2.01. The van der Waals surface area contributed by atoms with Crippen LogP contribution in [0.1, 0.15) is 61.0 Å². The second kappa shape index (κ2) is 7.12. The van der Waals surface area contributed by atoms with Gasteiger partial charge in [0.15, 0.2) is 0 Å². The molecule has 0 spiro atoms. The predicted octanol–water partition coefficient (Wildman–Crippen LogP) is 5.00. The van der Waals surface area contributed by atoms with E-state index >= 15 is 0 Å². The van der Waals surface area contributed by atoms with E-state index < -0.39 is 5.67 Å². The molecule has 28 heavy (non-hydrogen) atoms. The van der Waals surface area contributed by atoms with Crippen LogP contribution in [0.4, 0.5) is 4.39 Å². The highest BCUT2D eigenvalue weighted by atomic mass is 19.1. The minimum atomic E-state index is -1.38. The van der Waals surface area contributed by atoms with Crippen LogP contribution in [0.25, 0.3) is 0 Å². The SMILES string of the molecule is COC(=O)C[C@@H]1COc2cc(O[C@H]3CCc4ccc(C(C)(C)F)cc43)ccc21. The monoisotopic (exact) mass is 384 g/mol. The molecule has 1 aliphatic carbocycles. The molecule has 2 aliphatic rings. The lowest BCUT2D eigenvalue weighted by Crippen LogP contribution is -2.11. The third-order valence-corrected chi connectivity index (χ3v) is 5.64. The molecule has 4 nitrogen and oxygen atoms in total. The van der Waals surface area contributed by atoms with Gasteiger partial charge in [0.1, 0.15) is 23.3 Å². The third kappa shape index (κ3) is 3.58. The normalized spacial score (nSPS) is 20.3. The summed E-state index contributed by atoms with van der Waals surface area (Å²) in [5, 5.41) is 0. The Morgan fingerprint density at radius 1 is 1.21 bits per heavy atom. The number of esters is 1. The number of hydrogen-bond acceptors (Lipinski definition) is 4. The standard InChI is InChI=1S/C23H25FO4/c1-23(2,24)16-6-4-14-5-9-20(19(14)11-16)28-17-7-8-18-15(10-22(25)26-3)13-27-21(18)12-17/h4,6-8,11-12,15,20H,5,9-10,13H2,1-3H3/t15-,20+/m1/s1. The summed E-state index contributed by atoms with van der Waals surface area (Å²) in [7, 11) is 1.39. The van der Waals surface area contributed by atoms with E-state index in [9.17, 15) is 9.18 Å². The van der Waals surface area contributed by atoms with E-state index in [1.807, 2.05) is 36.4 Å². The number of carbonyl (C=O) groups excluding carboxylic acids is 1. The zero-order valence-corrected chi connectivity index (χ0v) is 16.5. The maximum absolute atomic E-state index is 14.4. The van der Waals surface area contributed by atoms with Gasteiger partial charge in [0, 0.05) is 17.5 Å². The molecule has 0 aromatic heterocycles. The maximum Gasteiger partial charge on any atom is 0.306 e. The first-order chi connectivity index (χ1) is 13.3. The van der Waals surface area contributed by atoms with Crippen LogP contribution < -0.4 is 9.47 Å². The van der Waals surface area contributed by atoms with Gasteiger partial charge < -0.3 is 14.2 Å². The Morgan fingerprint density at radius 3 is 2.79 bits per heavy atom. The molecule has 2 aromatic rings. The van der Waals surface area contributed by atoms with E-state index in [1.165, 1.54) is 12.7 Å². The molecule has 0 fully saturated rings. The van der Waals surface area contributed by atoms with Crippen molar-refractivity contribution in [3.8, 4) is 11.5 Å². The number of rotatable bonds is 5. The van der Waals surface area contributed by atoms with Crippen LogP contribution in [0.3, 0.4) is 0 Å². The lowest BCUT2D eigenvalue weighted by atomic mass is 9.96. The smallest absolute Gasteiger partial charge is 0.306 e. The maximum atomic E-state index is 14.4. The number of alkyl halides is 1. The quantitative estimate of drug-likeness (QED) is 0.681. The molecule has 0 amide bonds. The molecule has 2 aromatic carbocycles. The zero-order valence-electron chi connectivity index (χ0n) is 16.5. The van der Waals surface area contributed by atoms with Crippen molar-refractivity contribution in [2.45, 2.75) is 50.8 Å². The van der Waals surface area contributed by atoms with Crippen molar-refractivity contribution in [3.05, 3.63) is 58.7 Å². The minimum Gasteiger partial charge on any atom is -0.492 e. The van der Waals surface area contributed by atoms with Crippen LogP contribution >= 0.6 is 0 Å². The fraction of sp³-hybridized carbons (Fsp3) is 0.435. The summed E-state index contributed by atoms with van der Waals surface area (Å²) in [5.74, 6) is 1.25. The number of benzene rings is 2. The summed E-state index contributed by atoms with van der Waals surface area (Å²) in [4.78, 5) is 11.6. The van der Waals surface area contributed by atoms with E-state index in [-0.39, 0.29) is 18.0 Å². The third-order valence-electron chi connectivity index (χ3n) is 5.64. The van der Waals surface area contributed by atoms with Crippen LogP contribution in [-0.2, 0) is 21.6 Å². The first kappa shape index (κ1) is 18.8. The van der Waals surface area contributed by atoms with Crippen molar-refractivity contribution in [3.63, 3.8) is 0 Å². The minimum absolute atomic E-state index is 0.0121. The number of methoxy groups -OCH3 is 1. The van der Waals surface area contributed by atoms with Crippen molar-refractivity contribution < 1.29 is 23.4 Å². The van der Waals surface area contributed by atoms with Gasteiger partial charge in [-0.1, -0.05) is 18.2 Å². The summed E-state index contributed by atoms with van der Waals surface area (Å²) in [6.45, 7) is 3.61. The predicted molar refractivity (Wildman–Crippen MR) is 104 cm³/mol. The Hall–Kier alpha value is -2.56. The van der Waals surface area contributed by atoms with E-state index in [0.717, 1.165) is 35.5 Å². The van der Waals surface area contributed by atoms with E-state index in [1.54, 1.807) is 13.8 Å². The van der Waals surface area contributed by atoms with Gasteiger partial charge in [0.05, 0.1) is 20.1 Å². The average Bonchev–Trinajstić information content (AvgIpc) is 3.25. The fourth-order valence-corrected chi connectivity index (χ4v) is 4.00. The molecule has 4 rings (SSSR count). The zero-order chi connectivity index (χ0) is 19.9. The fourth-order valence-electron chi connectivity index (χ4n) is 4.00. The Bertz CT molecular complexity index is 900. The second-order valence-electron chi connectivity index (χ2n) is 8.02. The van der Waals surface area contributed by atoms with Gasteiger partial charge in [-0.3, -0.25) is 4.79 Å². The van der Waals surface area contributed by atoms with Crippen LogP contribution in [0.5, 0.6) is 11.5 Å². The number of ether oxygens (including phenoxy) is 3. The Labute approximate surface area is 164 Å². The number of hydrogen-bond donors (Lipinski definition) is 0. The van der Waals surface area contributed by atoms with E-state index in [4.69, 9.17) is 14.2 Å². The summed E-state index contributed by atoms with van der Waals surface area (Å²) in [5.41, 5.74) is 2.58. The average molecular weight is 384 g/mol. The molecule has 0 saturated carbocycles. The Kier molecular flexibility index (Phi) is 4.77. The van der Waals surface area contributed by atoms with Crippen LogP contribution in [-0.4, -0.2) is 19.7 Å². The van der Waals surface area contributed by atoms with Gasteiger partial charge in [-0.15, -0.1) is 0 Å². The highest BCUT2D eigenvalue weighted by molar-refractivity contribution is 5.71. The summed E-state index contributed by atoms with van der Waals surface area (Å²) in [6, 6.07) is 11.6. The van der Waals surface area contributed by atoms with Gasteiger partial charge in [-0.05, 0) is 55.5 Å². The number of aryl methyl sites for hydroxylation is 1. The highest BCUT2D eigenvalue weighted by Gasteiger charge is 2.30. The lowest BCUT2D eigenvalue weighted by Gasteiger charge is -2.19. The van der Waals surface area contributed by atoms with Gasteiger partial charge in [0.25, 0.3) is 0 Å². The van der Waals surface area contributed by atoms with Gasteiger partial charge in [0.2, 0.25) is 0 Å². The van der Waals surface area contributed by atoms with Gasteiger partial charge >= 0.3 is 5.97 Å². The molecule has 0 radical (unpaired) electrons. The van der Waals surface area contributed by atoms with Crippen molar-refractivity contribution in [2.75, 3.05) is 13.7 Å². The number of halogens is 1. The van der Waals surface area contributed by atoms with Crippen LogP contribution in [0.2, 0.25) is 0 Å². The molecular weight excluding hydrogens is 359 g/mol. The molecule has 0 bridgehead atoms. The molecule has 148 valence electrons. The molecule has 1 aliphatic heterocycles. The van der Waals surface area contributed by atoms with Crippen molar-refractivity contribution in [1.82, 2.24) is 0 Å². The molecule has 0 N–H and O–H groups in total. The molecular formula is C23H25FO4. The van der Waals surface area contributed by atoms with Crippen molar-refractivity contribution >= 4 is 5.97 Å². The molecule has 2 atom stereocenters. The first-order valence-corrected chi connectivity index (χ1v) is 9.67. The van der Waals surface area contributed by atoms with Crippen LogP contribution in [0.15, 0.2) is 36.4 Å². The van der Waals surface area contributed by atoms with E-state index in [0.29, 0.717) is 18.6 Å². The largest absolute Gasteiger partial charge is 0.492 e. The number of fused-ring (bicyclic) bond motifs is 2. The lowest BCUT2D eigenvalue weighted by molar-refractivity contribution is -0.141. The number of carbonyl (C=O) groups is 1. The van der Waals surface area contributed by atoms with Crippen molar-refractivity contribution in [2.24, 2.45) is 0 Å². The summed E-state index contributed by atoms with van der Waals surface area (Å²) < 4.78 is 31.1. The van der Waals surface area contributed by atoms with Crippen molar-refractivity contribution in [1.29, 1.82) is 0 Å². The molecule has 0 unspecified atom stereocenters. The highest BCUT2D eigenvalue weighted by Crippen LogP contribution is 2.42. The van der Waals surface area contributed by atoms with Gasteiger partial charge in [-0.2, -0.15) is 0 Å². The molecule has 1 heterocycles. The first-order valence-electron chi connectivity index (χ1n) is 9.67. The Morgan fingerprint density at radius 2 is 2.04 bits per heavy atom. The Balaban J connectivity index is 1.52. The second-order valence-corrected chi connectivity index (χ2v) is 8.02. The van der Waals surface area contributed by atoms with E-state index in [2.05, 4.69) is 0 Å². The molecule has 0 saturated heterocycles. The molecule has 5 heteroatoms. The van der Waals surface area contributed by atoms with Gasteiger partial charge in [-0.25, -0.2) is 4.39 Å².